The van der Waals surface area contributed by atoms with Crippen LogP contribution in [0.25, 0.3) is 5.69 Å². The third-order valence-corrected chi connectivity index (χ3v) is 10.3. The monoisotopic (exact) mass is 564 g/mol. The van der Waals surface area contributed by atoms with Crippen LogP contribution in [-0.2, 0) is 17.8 Å². The zero-order valence-corrected chi connectivity index (χ0v) is 25.7. The Morgan fingerprint density at radius 2 is 1.82 bits per heavy atom. The summed E-state index contributed by atoms with van der Waals surface area (Å²) in [6.07, 6.45) is 8.64. The lowest BCUT2D eigenvalue weighted by molar-refractivity contribution is -0.107. The predicted octanol–water partition coefficient (Wildman–Crippen LogP) is 5.77. The van der Waals surface area contributed by atoms with Crippen LogP contribution in [0.15, 0.2) is 42.7 Å². The van der Waals surface area contributed by atoms with Gasteiger partial charge in [-0.15, -0.1) is 0 Å². The molecule has 1 N–H and O–H groups in total. The molecule has 0 fully saturated rings. The van der Waals surface area contributed by atoms with E-state index in [-0.39, 0.29) is 13.7 Å². The molecule has 0 atom stereocenters. The quantitative estimate of drug-likeness (QED) is 0.251. The van der Waals surface area contributed by atoms with Gasteiger partial charge >= 0.3 is 0 Å². The highest BCUT2D eigenvalue weighted by molar-refractivity contribution is 7.65. The third-order valence-electron chi connectivity index (χ3n) is 7.66. The molecule has 1 amide bonds. The number of fused-ring (bicyclic) bond motifs is 1. The molecule has 7 nitrogen and oxygen atoms in total. The summed E-state index contributed by atoms with van der Waals surface area (Å²) in [5, 5.41) is 9.72. The number of halogens is 1. The molecule has 2 aromatic carbocycles. The number of amides is 1. The Morgan fingerprint density at radius 1 is 1.12 bits per heavy atom. The summed E-state index contributed by atoms with van der Waals surface area (Å²) < 4.78 is 16.3. The van der Waals surface area contributed by atoms with E-state index in [1.165, 1.54) is 5.30 Å². The van der Waals surface area contributed by atoms with Crippen molar-refractivity contribution in [3.05, 3.63) is 70.9 Å². The molecular formula is C31H42FN6OP. The van der Waals surface area contributed by atoms with Gasteiger partial charge in [0.25, 0.3) is 0 Å². The van der Waals surface area contributed by atoms with E-state index in [2.05, 4.69) is 49.3 Å². The molecule has 2 heterocycles. The minimum atomic E-state index is -0.218. The van der Waals surface area contributed by atoms with Crippen molar-refractivity contribution in [1.29, 1.82) is 0 Å². The van der Waals surface area contributed by atoms with Crippen molar-refractivity contribution in [2.75, 3.05) is 55.1 Å². The molecule has 1 aromatic heterocycles. The van der Waals surface area contributed by atoms with Crippen molar-refractivity contribution >= 4 is 36.8 Å². The van der Waals surface area contributed by atoms with Crippen molar-refractivity contribution in [1.82, 2.24) is 14.7 Å². The van der Waals surface area contributed by atoms with Crippen LogP contribution in [0.3, 0.4) is 0 Å². The number of hydrogen-bond donors (Lipinski definition) is 1. The molecule has 1 aliphatic rings. The summed E-state index contributed by atoms with van der Waals surface area (Å²) in [7, 11) is 5.84. The first-order valence-electron chi connectivity index (χ1n) is 14.0. The van der Waals surface area contributed by atoms with Crippen LogP contribution in [0, 0.1) is 19.7 Å². The van der Waals surface area contributed by atoms with E-state index in [0.29, 0.717) is 23.5 Å². The fourth-order valence-electron chi connectivity index (χ4n) is 5.40. The maximum absolute atomic E-state index is 14.5. The number of anilines is 3. The molecule has 4 rings (SSSR count). The van der Waals surface area contributed by atoms with E-state index in [1.54, 1.807) is 41.8 Å². The second kappa shape index (κ2) is 13.0. The Hall–Kier alpha value is -3.22. The van der Waals surface area contributed by atoms with Gasteiger partial charge in [0.05, 0.1) is 11.4 Å². The average molecular weight is 565 g/mol. The summed E-state index contributed by atoms with van der Waals surface area (Å²) in [6.45, 7) is 9.67. The lowest BCUT2D eigenvalue weighted by Crippen LogP contribution is -2.23. The molecule has 0 saturated carbocycles. The van der Waals surface area contributed by atoms with Gasteiger partial charge in [0.15, 0.2) is 0 Å². The standard InChI is InChI=1S/C31H42FN6OP/c1-8-40(9-2)29-13-12-24(19-28(29)33-5)36(7)15-16-37(21-39)31-26-20-35(6)14-10-11-27(26)34-38(31)25-17-22(3)30(32)23(4)18-25/h12-13,15-19,21,33H,8-11,14,20H2,1-7H3/b16-15-. The number of benzene rings is 2. The number of nitrogens with zero attached hydrogens (tertiary/aromatic N) is 5. The topological polar surface area (TPSA) is 56.6 Å². The van der Waals surface area contributed by atoms with Gasteiger partial charge in [-0.25, -0.2) is 9.07 Å². The Labute approximate surface area is 239 Å². The van der Waals surface area contributed by atoms with Gasteiger partial charge < -0.3 is 15.1 Å². The zero-order valence-electron chi connectivity index (χ0n) is 24.8. The molecule has 0 saturated heterocycles. The summed E-state index contributed by atoms with van der Waals surface area (Å²) in [6, 6.07) is 10.1. The third kappa shape index (κ3) is 6.08. The highest BCUT2D eigenvalue weighted by atomic mass is 31.1. The van der Waals surface area contributed by atoms with E-state index in [4.69, 9.17) is 5.10 Å². The summed E-state index contributed by atoms with van der Waals surface area (Å²) in [4.78, 5) is 18.5. The van der Waals surface area contributed by atoms with Gasteiger partial charge in [0.1, 0.15) is 11.6 Å². The molecule has 214 valence electrons. The summed E-state index contributed by atoms with van der Waals surface area (Å²) >= 11 is 0. The number of carbonyl (C=O) groups is 1. The Morgan fingerprint density at radius 3 is 2.45 bits per heavy atom. The van der Waals surface area contributed by atoms with E-state index < -0.39 is 0 Å². The molecule has 0 bridgehead atoms. The number of aromatic nitrogens is 2. The van der Waals surface area contributed by atoms with Gasteiger partial charge in [0.2, 0.25) is 6.41 Å². The number of hydrogen-bond acceptors (Lipinski definition) is 5. The second-order valence-electron chi connectivity index (χ2n) is 10.4. The van der Waals surface area contributed by atoms with Crippen molar-refractivity contribution in [2.24, 2.45) is 0 Å². The smallest absolute Gasteiger partial charge is 0.219 e. The first-order valence-corrected chi connectivity index (χ1v) is 15.7. The van der Waals surface area contributed by atoms with E-state index in [0.717, 1.165) is 66.4 Å². The highest BCUT2D eigenvalue weighted by Gasteiger charge is 2.26. The molecular weight excluding hydrogens is 522 g/mol. The van der Waals surface area contributed by atoms with Crippen molar-refractivity contribution in [3.8, 4) is 5.69 Å². The fraction of sp³-hybridized carbons (Fsp3) is 0.419. The van der Waals surface area contributed by atoms with E-state index in [9.17, 15) is 9.18 Å². The Bertz CT molecular complexity index is 1360. The van der Waals surface area contributed by atoms with Crippen LogP contribution in [0.4, 0.5) is 21.6 Å². The number of rotatable bonds is 10. The first-order chi connectivity index (χ1) is 19.2. The minimum Gasteiger partial charge on any atom is -0.388 e. The molecule has 0 aliphatic carbocycles. The number of nitrogens with one attached hydrogen (secondary N) is 1. The average Bonchev–Trinajstić information content (AvgIpc) is 3.18. The minimum absolute atomic E-state index is 0.190. The van der Waals surface area contributed by atoms with Gasteiger partial charge in [-0.3, -0.25) is 9.69 Å². The van der Waals surface area contributed by atoms with Crippen molar-refractivity contribution in [2.45, 2.75) is 47.1 Å². The maximum Gasteiger partial charge on any atom is 0.219 e. The van der Waals surface area contributed by atoms with Gasteiger partial charge in [0, 0.05) is 50.0 Å². The number of carbonyl (C=O) groups excluding carboxylic acids is 1. The Balaban J connectivity index is 1.74. The summed E-state index contributed by atoms with van der Waals surface area (Å²) in [5.41, 5.74) is 6.01. The van der Waals surface area contributed by atoms with Crippen LogP contribution in [0.2, 0.25) is 0 Å². The maximum atomic E-state index is 14.5. The normalized spacial score (nSPS) is 13.9. The highest BCUT2D eigenvalue weighted by Crippen LogP contribution is 2.37. The van der Waals surface area contributed by atoms with Gasteiger partial charge in [-0.05, 0) is 93.3 Å². The van der Waals surface area contributed by atoms with E-state index in [1.807, 2.05) is 25.2 Å². The second-order valence-corrected chi connectivity index (χ2v) is 13.3. The molecule has 1 aliphatic heterocycles. The van der Waals surface area contributed by atoms with Crippen molar-refractivity contribution < 1.29 is 9.18 Å². The largest absolute Gasteiger partial charge is 0.388 e. The number of aryl methyl sites for hydroxylation is 3. The zero-order chi connectivity index (χ0) is 29.0. The SMILES string of the molecule is CCP(CC)c1ccc(N(C)/C=C\N(C=O)c2c3c(nn2-c2cc(C)c(F)c(C)c2)CCCN(C)C3)cc1NC. The fourth-order valence-corrected chi connectivity index (χ4v) is 7.33. The van der Waals surface area contributed by atoms with Crippen LogP contribution in [0.5, 0.6) is 0 Å². The van der Waals surface area contributed by atoms with Gasteiger partial charge in [-0.1, -0.05) is 27.8 Å². The van der Waals surface area contributed by atoms with Crippen LogP contribution in [-0.4, -0.2) is 61.1 Å². The molecule has 0 radical (unpaired) electrons. The lowest BCUT2D eigenvalue weighted by Gasteiger charge is -2.23. The molecule has 0 unspecified atom stereocenters. The summed E-state index contributed by atoms with van der Waals surface area (Å²) in [5.74, 6) is 0.474. The van der Waals surface area contributed by atoms with E-state index >= 15 is 0 Å². The molecule has 9 heteroatoms. The first kappa shape index (κ1) is 29.8. The Kier molecular flexibility index (Phi) is 9.64. The van der Waals surface area contributed by atoms with Crippen LogP contribution >= 0.6 is 7.92 Å². The van der Waals surface area contributed by atoms with Crippen LogP contribution in [0.1, 0.15) is 42.7 Å². The van der Waals surface area contributed by atoms with Crippen LogP contribution < -0.4 is 20.4 Å². The molecule has 0 spiro atoms. The lowest BCUT2D eigenvalue weighted by atomic mass is 10.1. The van der Waals surface area contributed by atoms with Crippen molar-refractivity contribution in [3.63, 3.8) is 0 Å². The molecule has 3 aromatic rings. The molecule has 40 heavy (non-hydrogen) atoms. The predicted molar refractivity (Wildman–Crippen MR) is 167 cm³/mol. The van der Waals surface area contributed by atoms with Gasteiger partial charge in [-0.2, -0.15) is 5.10 Å².